The summed E-state index contributed by atoms with van der Waals surface area (Å²) in [4.78, 5) is 9.92. The van der Waals surface area contributed by atoms with E-state index in [1.807, 2.05) is 0 Å². The molecule has 0 bridgehead atoms. The van der Waals surface area contributed by atoms with Gasteiger partial charge in [0.15, 0.2) is 0 Å². The van der Waals surface area contributed by atoms with E-state index in [9.17, 15) is 10.1 Å². The molecule has 0 saturated heterocycles. The van der Waals surface area contributed by atoms with Gasteiger partial charge in [-0.15, -0.1) is 0 Å². The first-order chi connectivity index (χ1) is 5.65. The molecule has 12 heavy (non-hydrogen) atoms. The molecule has 1 aromatic rings. The quantitative estimate of drug-likeness (QED) is 0.516. The first kappa shape index (κ1) is 8.48. The van der Waals surface area contributed by atoms with Crippen LogP contribution in [0, 0.1) is 10.1 Å². The number of hydrogen-bond donors (Lipinski definition) is 1. The van der Waals surface area contributed by atoms with Crippen LogP contribution in [0.4, 0.5) is 11.4 Å². The zero-order chi connectivity index (χ0) is 9.14. The first-order valence-electron chi connectivity index (χ1n) is 3.29. The van der Waals surface area contributed by atoms with Crippen molar-refractivity contribution >= 4 is 11.4 Å². The van der Waals surface area contributed by atoms with E-state index in [1.165, 1.54) is 13.2 Å². The molecule has 0 heterocycles. The van der Waals surface area contributed by atoms with Crippen LogP contribution >= 0.6 is 0 Å². The largest absolute Gasteiger partial charge is 0.496 e. The van der Waals surface area contributed by atoms with Crippen molar-refractivity contribution in [2.75, 3.05) is 7.11 Å². The number of nitro benzene ring substituents is 1. The minimum atomic E-state index is -0.481. The smallest absolute Gasteiger partial charge is 0.332 e. The van der Waals surface area contributed by atoms with Gasteiger partial charge in [0.2, 0.25) is 5.69 Å². The predicted molar refractivity (Wildman–Crippen MR) is 42.2 cm³/mol. The van der Waals surface area contributed by atoms with Gasteiger partial charge in [-0.05, 0) is 6.07 Å². The summed E-state index contributed by atoms with van der Waals surface area (Å²) in [7, 11) is 1.46. The van der Waals surface area contributed by atoms with Gasteiger partial charge in [-0.25, -0.2) is 0 Å². The van der Waals surface area contributed by atoms with Gasteiger partial charge in [-0.1, -0.05) is 0 Å². The number of ether oxygens (including phenoxy) is 1. The van der Waals surface area contributed by atoms with E-state index in [0.29, 0.717) is 11.4 Å². The van der Waals surface area contributed by atoms with Crippen LogP contribution in [0.5, 0.6) is 5.75 Å². The van der Waals surface area contributed by atoms with Crippen LogP contribution in [-0.2, 0) is 0 Å². The number of quaternary nitrogens is 1. The van der Waals surface area contributed by atoms with Crippen LogP contribution < -0.4 is 10.5 Å². The first-order valence-corrected chi connectivity index (χ1v) is 3.29. The van der Waals surface area contributed by atoms with Crippen molar-refractivity contribution in [2.24, 2.45) is 0 Å². The minimum Gasteiger partial charge on any atom is -0.496 e. The molecule has 1 aromatic carbocycles. The van der Waals surface area contributed by atoms with Crippen molar-refractivity contribution in [3.63, 3.8) is 0 Å². The molecule has 5 heteroatoms. The number of rotatable bonds is 2. The van der Waals surface area contributed by atoms with E-state index in [-0.39, 0.29) is 5.69 Å². The molecule has 0 aromatic heterocycles. The van der Waals surface area contributed by atoms with Crippen molar-refractivity contribution in [3.05, 3.63) is 28.3 Å². The molecular weight excluding hydrogens is 160 g/mol. The molecule has 1 rings (SSSR count). The molecule has 0 spiro atoms. The van der Waals surface area contributed by atoms with Crippen LogP contribution in [-0.4, -0.2) is 12.0 Å². The summed E-state index contributed by atoms with van der Waals surface area (Å²) in [6.45, 7) is 0. The van der Waals surface area contributed by atoms with Crippen LogP contribution in [0.3, 0.4) is 0 Å². The zero-order valence-corrected chi connectivity index (χ0v) is 6.61. The van der Waals surface area contributed by atoms with Gasteiger partial charge in [0.05, 0.1) is 18.1 Å². The third-order valence-electron chi connectivity index (χ3n) is 1.49. The Labute approximate surface area is 68.9 Å². The Hall–Kier alpha value is -1.62. The lowest BCUT2D eigenvalue weighted by Crippen LogP contribution is -2.40. The fourth-order valence-electron chi connectivity index (χ4n) is 0.841. The van der Waals surface area contributed by atoms with Crippen LogP contribution in [0.1, 0.15) is 0 Å². The lowest BCUT2D eigenvalue weighted by molar-refractivity contribution is -0.395. The third-order valence-corrected chi connectivity index (χ3v) is 1.49. The second-order valence-corrected chi connectivity index (χ2v) is 2.25. The van der Waals surface area contributed by atoms with Gasteiger partial charge in [0.1, 0.15) is 5.75 Å². The van der Waals surface area contributed by atoms with Gasteiger partial charge in [0.25, 0.3) is 0 Å². The minimum absolute atomic E-state index is 0.0191. The average Bonchev–Trinajstić information content (AvgIpc) is 2.05. The summed E-state index contributed by atoms with van der Waals surface area (Å²) < 4.78 is 4.83. The Morgan fingerprint density at radius 2 is 2.25 bits per heavy atom. The van der Waals surface area contributed by atoms with Gasteiger partial charge in [0, 0.05) is 6.07 Å². The highest BCUT2D eigenvalue weighted by Crippen LogP contribution is 2.24. The SMILES string of the molecule is COc1ccc([NH3+])c([N+](=O)[O-])c1. The predicted octanol–water partition coefficient (Wildman–Crippen LogP) is 0.477. The molecule has 0 aliphatic rings. The summed E-state index contributed by atoms with van der Waals surface area (Å²) in [5, 5.41) is 10.4. The summed E-state index contributed by atoms with van der Waals surface area (Å²) in [6.07, 6.45) is 0. The lowest BCUT2D eigenvalue weighted by Gasteiger charge is -1.98. The highest BCUT2D eigenvalue weighted by Gasteiger charge is 2.14. The van der Waals surface area contributed by atoms with Crippen LogP contribution in [0.25, 0.3) is 0 Å². The topological polar surface area (TPSA) is 80.0 Å². The highest BCUT2D eigenvalue weighted by molar-refractivity contribution is 5.54. The summed E-state index contributed by atoms with van der Waals surface area (Å²) in [5.41, 5.74) is 3.89. The maximum Gasteiger partial charge on any atom is 0.332 e. The van der Waals surface area contributed by atoms with E-state index in [4.69, 9.17) is 4.74 Å². The summed E-state index contributed by atoms with van der Waals surface area (Å²) >= 11 is 0. The summed E-state index contributed by atoms with van der Waals surface area (Å²) in [5.74, 6) is 0.467. The molecule has 0 amide bonds. The van der Waals surface area contributed by atoms with E-state index < -0.39 is 4.92 Å². The number of benzene rings is 1. The van der Waals surface area contributed by atoms with Crippen molar-refractivity contribution in [1.29, 1.82) is 0 Å². The van der Waals surface area contributed by atoms with Gasteiger partial charge >= 0.3 is 5.69 Å². The van der Waals surface area contributed by atoms with E-state index in [1.54, 1.807) is 12.1 Å². The Kier molecular flexibility index (Phi) is 2.25. The Balaban J connectivity index is 3.17. The van der Waals surface area contributed by atoms with E-state index in [2.05, 4.69) is 5.73 Å². The molecule has 0 unspecified atom stereocenters. The molecule has 0 atom stereocenters. The molecule has 0 radical (unpaired) electrons. The lowest BCUT2D eigenvalue weighted by atomic mass is 10.2. The Morgan fingerprint density at radius 1 is 1.58 bits per heavy atom. The number of hydrogen-bond acceptors (Lipinski definition) is 3. The normalized spacial score (nSPS) is 9.50. The number of methoxy groups -OCH3 is 1. The molecular formula is C7H9N2O3+. The van der Waals surface area contributed by atoms with Crippen molar-refractivity contribution in [3.8, 4) is 5.75 Å². The molecule has 0 aliphatic heterocycles. The number of nitrogens with zero attached hydrogens (tertiary/aromatic N) is 1. The standard InChI is InChI=1S/C7H8N2O3/c1-12-5-2-3-6(8)7(4-5)9(10)11/h2-4H,8H2,1H3/p+1. The molecule has 0 fully saturated rings. The second kappa shape index (κ2) is 3.19. The van der Waals surface area contributed by atoms with Gasteiger partial charge in [-0.2, -0.15) is 0 Å². The van der Waals surface area contributed by atoms with Crippen LogP contribution in [0.15, 0.2) is 18.2 Å². The van der Waals surface area contributed by atoms with Crippen LogP contribution in [0.2, 0.25) is 0 Å². The molecule has 0 aliphatic carbocycles. The van der Waals surface area contributed by atoms with Crippen molar-refractivity contribution in [1.82, 2.24) is 0 Å². The molecule has 0 saturated carbocycles. The zero-order valence-electron chi connectivity index (χ0n) is 6.61. The maximum atomic E-state index is 10.4. The monoisotopic (exact) mass is 169 g/mol. The molecule has 3 N–H and O–H groups in total. The molecule has 5 nitrogen and oxygen atoms in total. The Bertz CT molecular complexity index is 312. The van der Waals surface area contributed by atoms with Gasteiger partial charge in [-0.3, -0.25) is 10.1 Å². The highest BCUT2D eigenvalue weighted by atomic mass is 16.6. The number of nitro groups is 1. The molecule has 64 valence electrons. The fraction of sp³-hybridized carbons (Fsp3) is 0.143. The van der Waals surface area contributed by atoms with Gasteiger partial charge < -0.3 is 10.5 Å². The fourth-order valence-corrected chi connectivity index (χ4v) is 0.841. The maximum absolute atomic E-state index is 10.4. The van der Waals surface area contributed by atoms with E-state index >= 15 is 0 Å². The Morgan fingerprint density at radius 3 is 2.75 bits per heavy atom. The third kappa shape index (κ3) is 1.51. The summed E-state index contributed by atoms with van der Waals surface area (Å²) in [6, 6.07) is 4.54. The van der Waals surface area contributed by atoms with Crippen molar-refractivity contribution in [2.45, 2.75) is 0 Å². The average molecular weight is 169 g/mol. The van der Waals surface area contributed by atoms with Crippen molar-refractivity contribution < 1.29 is 15.4 Å². The second-order valence-electron chi connectivity index (χ2n) is 2.25. The van der Waals surface area contributed by atoms with E-state index in [0.717, 1.165) is 0 Å².